The maximum absolute atomic E-state index is 11.7. The van der Waals surface area contributed by atoms with Crippen LogP contribution in [0.5, 0.6) is 0 Å². The van der Waals surface area contributed by atoms with Crippen molar-refractivity contribution in [2.45, 2.75) is 24.4 Å². The van der Waals surface area contributed by atoms with Gasteiger partial charge in [0.2, 0.25) is 0 Å². The highest BCUT2D eigenvalue weighted by atomic mass is 16.5. The van der Waals surface area contributed by atoms with Crippen LogP contribution >= 0.6 is 0 Å². The van der Waals surface area contributed by atoms with E-state index in [0.717, 1.165) is 13.0 Å². The lowest BCUT2D eigenvalue weighted by atomic mass is 9.96. The Morgan fingerprint density at radius 2 is 2.33 bits per heavy atom. The van der Waals surface area contributed by atoms with Crippen LogP contribution in [-0.2, 0) is 16.1 Å². The second kappa shape index (κ2) is 2.83. The fraction of sp³-hybridized carbons (Fsp3) is 0.417. The summed E-state index contributed by atoms with van der Waals surface area (Å²) in [5, 5.41) is 3.30. The first-order valence-electron chi connectivity index (χ1n) is 5.19. The molecular weight excluding hydrogens is 190 g/mol. The number of nitrogens with one attached hydrogen (secondary N) is 1. The Morgan fingerprint density at radius 1 is 1.53 bits per heavy atom. The average molecular weight is 203 g/mol. The standard InChI is InChI=1S/C12H13NO2/c1-15-11(14)12-6-10(12)9-5-3-2-4-8(9)7-13-12/h2-5,10,13H,6-7H2,1H3/t10-,12+/m1/s1. The van der Waals surface area contributed by atoms with Crippen LogP contribution in [0.3, 0.4) is 0 Å². The molecule has 2 aliphatic rings. The van der Waals surface area contributed by atoms with E-state index >= 15 is 0 Å². The highest BCUT2D eigenvalue weighted by Crippen LogP contribution is 2.55. The monoisotopic (exact) mass is 203 g/mol. The molecule has 78 valence electrons. The molecule has 2 atom stereocenters. The zero-order chi connectivity index (χ0) is 10.5. The lowest BCUT2D eigenvalue weighted by molar-refractivity contribution is -0.144. The first-order chi connectivity index (χ1) is 7.28. The van der Waals surface area contributed by atoms with Gasteiger partial charge in [-0.25, -0.2) is 0 Å². The number of fused-ring (bicyclic) bond motifs is 3. The van der Waals surface area contributed by atoms with Gasteiger partial charge < -0.3 is 4.74 Å². The fourth-order valence-electron chi connectivity index (χ4n) is 2.60. The summed E-state index contributed by atoms with van der Waals surface area (Å²) in [5.41, 5.74) is 2.20. The molecular formula is C12H13NO2. The molecule has 0 bridgehead atoms. The van der Waals surface area contributed by atoms with Gasteiger partial charge in [0.15, 0.2) is 0 Å². The van der Waals surface area contributed by atoms with Gasteiger partial charge in [-0.3, -0.25) is 10.1 Å². The molecule has 15 heavy (non-hydrogen) atoms. The molecule has 3 nitrogen and oxygen atoms in total. The fourth-order valence-corrected chi connectivity index (χ4v) is 2.60. The van der Waals surface area contributed by atoms with Crippen molar-refractivity contribution in [2.75, 3.05) is 7.11 Å². The Bertz CT molecular complexity index is 429. The lowest BCUT2D eigenvalue weighted by Gasteiger charge is -2.23. The molecule has 0 radical (unpaired) electrons. The van der Waals surface area contributed by atoms with E-state index in [2.05, 4.69) is 17.4 Å². The third-order valence-electron chi connectivity index (χ3n) is 3.54. The molecule has 0 aromatic heterocycles. The van der Waals surface area contributed by atoms with Gasteiger partial charge >= 0.3 is 5.97 Å². The van der Waals surface area contributed by atoms with Crippen molar-refractivity contribution in [1.82, 2.24) is 5.32 Å². The Kier molecular flexibility index (Phi) is 1.68. The first-order valence-corrected chi connectivity index (χ1v) is 5.19. The number of benzene rings is 1. The predicted octanol–water partition coefficient (Wildman–Crippen LogP) is 1.19. The topological polar surface area (TPSA) is 38.3 Å². The largest absolute Gasteiger partial charge is 0.468 e. The van der Waals surface area contributed by atoms with E-state index in [9.17, 15) is 4.79 Å². The molecule has 3 heteroatoms. The van der Waals surface area contributed by atoms with Gasteiger partial charge in [-0.1, -0.05) is 24.3 Å². The molecule has 1 fully saturated rings. The van der Waals surface area contributed by atoms with Crippen LogP contribution in [0.1, 0.15) is 23.5 Å². The summed E-state index contributed by atoms with van der Waals surface area (Å²) in [6.45, 7) is 0.766. The van der Waals surface area contributed by atoms with Crippen LogP contribution in [0.25, 0.3) is 0 Å². The van der Waals surface area contributed by atoms with Gasteiger partial charge in [0, 0.05) is 12.5 Å². The Morgan fingerprint density at radius 3 is 3.13 bits per heavy atom. The van der Waals surface area contributed by atoms with Crippen LogP contribution in [0, 0.1) is 0 Å². The first kappa shape index (κ1) is 8.92. The number of methoxy groups -OCH3 is 1. The number of ether oxygens (including phenoxy) is 1. The maximum Gasteiger partial charge on any atom is 0.326 e. The molecule has 0 saturated heterocycles. The van der Waals surface area contributed by atoms with Gasteiger partial charge in [0.05, 0.1) is 7.11 Å². The van der Waals surface area contributed by atoms with Crippen molar-refractivity contribution in [1.29, 1.82) is 0 Å². The third-order valence-corrected chi connectivity index (χ3v) is 3.54. The van der Waals surface area contributed by atoms with E-state index in [0.29, 0.717) is 5.92 Å². The van der Waals surface area contributed by atoms with E-state index in [1.54, 1.807) is 0 Å². The molecule has 1 saturated carbocycles. The molecule has 1 aliphatic heterocycles. The molecule has 1 heterocycles. The summed E-state index contributed by atoms with van der Waals surface area (Å²) in [5.74, 6) is 0.192. The molecule has 0 amide bonds. The van der Waals surface area contributed by atoms with E-state index in [1.807, 2.05) is 12.1 Å². The summed E-state index contributed by atoms with van der Waals surface area (Å²) in [4.78, 5) is 11.7. The molecule has 0 spiro atoms. The summed E-state index contributed by atoms with van der Waals surface area (Å²) >= 11 is 0. The van der Waals surface area contributed by atoms with Gasteiger partial charge in [0.25, 0.3) is 0 Å². The van der Waals surface area contributed by atoms with Crippen LogP contribution < -0.4 is 5.32 Å². The normalized spacial score (nSPS) is 31.4. The lowest BCUT2D eigenvalue weighted by Crippen LogP contribution is -2.43. The predicted molar refractivity (Wildman–Crippen MR) is 55.4 cm³/mol. The Labute approximate surface area is 88.4 Å². The van der Waals surface area contributed by atoms with Crippen molar-refractivity contribution in [3.63, 3.8) is 0 Å². The van der Waals surface area contributed by atoms with Crippen molar-refractivity contribution < 1.29 is 9.53 Å². The molecule has 1 aliphatic carbocycles. The van der Waals surface area contributed by atoms with Gasteiger partial charge in [-0.2, -0.15) is 0 Å². The van der Waals surface area contributed by atoms with Crippen LogP contribution in [-0.4, -0.2) is 18.6 Å². The van der Waals surface area contributed by atoms with Crippen molar-refractivity contribution in [3.05, 3.63) is 35.4 Å². The summed E-state index contributed by atoms with van der Waals surface area (Å²) in [6.07, 6.45) is 0.872. The van der Waals surface area contributed by atoms with Crippen molar-refractivity contribution >= 4 is 5.97 Å². The molecule has 1 N–H and O–H groups in total. The zero-order valence-electron chi connectivity index (χ0n) is 8.62. The summed E-state index contributed by atoms with van der Waals surface area (Å²) in [7, 11) is 1.45. The zero-order valence-corrected chi connectivity index (χ0v) is 8.62. The van der Waals surface area contributed by atoms with Crippen molar-refractivity contribution in [3.8, 4) is 0 Å². The van der Waals surface area contributed by atoms with Crippen LogP contribution in [0.4, 0.5) is 0 Å². The number of carbonyl (C=O) groups is 1. The summed E-state index contributed by atoms with van der Waals surface area (Å²) < 4.78 is 4.85. The van der Waals surface area contributed by atoms with Gasteiger partial charge in [0.1, 0.15) is 5.54 Å². The minimum Gasteiger partial charge on any atom is -0.468 e. The minimum atomic E-state index is -0.414. The highest BCUT2D eigenvalue weighted by molar-refractivity contribution is 5.87. The molecule has 1 aromatic rings. The second-order valence-corrected chi connectivity index (χ2v) is 4.27. The third kappa shape index (κ3) is 1.07. The van der Waals surface area contributed by atoms with Crippen LogP contribution in [0.15, 0.2) is 24.3 Å². The quantitative estimate of drug-likeness (QED) is 0.697. The Hall–Kier alpha value is -1.35. The van der Waals surface area contributed by atoms with E-state index in [4.69, 9.17) is 4.74 Å². The molecule has 1 aromatic carbocycles. The van der Waals surface area contributed by atoms with E-state index in [1.165, 1.54) is 18.2 Å². The smallest absolute Gasteiger partial charge is 0.326 e. The second-order valence-electron chi connectivity index (χ2n) is 4.27. The summed E-state index contributed by atoms with van der Waals surface area (Å²) in [6, 6.07) is 8.30. The molecule has 0 unspecified atom stereocenters. The highest BCUT2D eigenvalue weighted by Gasteiger charge is 2.63. The number of carbonyl (C=O) groups excluding carboxylic acids is 1. The van der Waals surface area contributed by atoms with E-state index in [-0.39, 0.29) is 5.97 Å². The van der Waals surface area contributed by atoms with Gasteiger partial charge in [-0.05, 0) is 17.5 Å². The number of hydrogen-bond donors (Lipinski definition) is 1. The average Bonchev–Trinajstić information content (AvgIpc) is 3.04. The number of hydrogen-bond acceptors (Lipinski definition) is 3. The van der Waals surface area contributed by atoms with E-state index < -0.39 is 5.54 Å². The molecule has 3 rings (SSSR count). The Balaban J connectivity index is 1.98. The van der Waals surface area contributed by atoms with Crippen molar-refractivity contribution in [2.24, 2.45) is 0 Å². The van der Waals surface area contributed by atoms with Gasteiger partial charge in [-0.15, -0.1) is 0 Å². The number of rotatable bonds is 1. The minimum absolute atomic E-state index is 0.123. The SMILES string of the molecule is COC(=O)[C@]12C[C@@H]1c1ccccc1CN2. The maximum atomic E-state index is 11.7. The number of esters is 1. The van der Waals surface area contributed by atoms with Crippen LogP contribution in [0.2, 0.25) is 0 Å².